The van der Waals surface area contributed by atoms with Gasteiger partial charge in [0.05, 0.1) is 17.2 Å². The minimum absolute atomic E-state index is 0.00637. The zero-order valence-corrected chi connectivity index (χ0v) is 11.5. The van der Waals surface area contributed by atoms with Gasteiger partial charge in [0.1, 0.15) is 5.69 Å². The van der Waals surface area contributed by atoms with Crippen molar-refractivity contribution in [3.63, 3.8) is 0 Å². The molecule has 0 amide bonds. The molecule has 0 aliphatic carbocycles. The topological polar surface area (TPSA) is 62.7 Å². The zero-order valence-electron chi connectivity index (χ0n) is 11.5. The van der Waals surface area contributed by atoms with E-state index in [2.05, 4.69) is 14.7 Å². The van der Waals surface area contributed by atoms with E-state index in [4.69, 9.17) is 0 Å². The molecular weight excluding hydrogens is 307 g/mol. The third-order valence-electron chi connectivity index (χ3n) is 3.20. The van der Waals surface area contributed by atoms with Crippen LogP contribution in [0.15, 0.2) is 53.3 Å². The fraction of sp³-hybridized carbons (Fsp3) is 0.0625. The molecule has 3 aromatic rings. The van der Waals surface area contributed by atoms with Gasteiger partial charge in [-0.2, -0.15) is 18.4 Å². The summed E-state index contributed by atoms with van der Waals surface area (Å²) in [4.78, 5) is 3.88. The van der Waals surface area contributed by atoms with E-state index in [1.165, 1.54) is 24.5 Å². The molecule has 0 radical (unpaired) electrons. The van der Waals surface area contributed by atoms with E-state index < -0.39 is 11.9 Å². The number of aromatic nitrogens is 2. The predicted molar refractivity (Wildman–Crippen MR) is 74.9 cm³/mol. The number of alkyl halides is 3. The van der Waals surface area contributed by atoms with Crippen molar-refractivity contribution < 1.29 is 17.7 Å². The summed E-state index contributed by atoms with van der Waals surface area (Å²) in [5.74, 6) is -1.24. The Morgan fingerprint density at radius 2 is 1.87 bits per heavy atom. The second kappa shape index (κ2) is 5.57. The highest BCUT2D eigenvalue weighted by Gasteiger charge is 2.41. The maximum Gasteiger partial charge on any atom is 0.453 e. The summed E-state index contributed by atoms with van der Waals surface area (Å²) in [5, 5.41) is 12.7. The standard InChI is InChI=1S/C16H8F3N3O/c17-16(18,19)15-13(12-6-2-1-4-10(12)8-20)14(22-23-15)11-5-3-7-21-9-11/h1-7,9H. The van der Waals surface area contributed by atoms with Gasteiger partial charge in [-0.05, 0) is 18.2 Å². The molecule has 0 aliphatic rings. The molecule has 7 heteroatoms. The number of hydrogen-bond acceptors (Lipinski definition) is 4. The molecule has 3 rings (SSSR count). The maximum atomic E-state index is 13.3. The molecule has 0 unspecified atom stereocenters. The van der Waals surface area contributed by atoms with E-state index in [1.54, 1.807) is 24.3 Å². The molecule has 0 saturated carbocycles. The maximum absolute atomic E-state index is 13.3. The second-order valence-electron chi connectivity index (χ2n) is 4.63. The number of hydrogen-bond donors (Lipinski definition) is 0. The second-order valence-corrected chi connectivity index (χ2v) is 4.63. The first-order valence-electron chi connectivity index (χ1n) is 6.49. The Kier molecular flexibility index (Phi) is 3.58. The Balaban J connectivity index is 2.33. The van der Waals surface area contributed by atoms with Crippen LogP contribution in [0.25, 0.3) is 22.4 Å². The van der Waals surface area contributed by atoms with Crippen molar-refractivity contribution in [1.29, 1.82) is 5.26 Å². The summed E-state index contributed by atoms with van der Waals surface area (Å²) < 4.78 is 44.4. The van der Waals surface area contributed by atoms with E-state index in [0.717, 1.165) is 0 Å². The Labute approximate surface area is 128 Å². The Morgan fingerprint density at radius 1 is 1.09 bits per heavy atom. The molecular formula is C16H8F3N3O. The fourth-order valence-corrected chi connectivity index (χ4v) is 2.23. The molecule has 23 heavy (non-hydrogen) atoms. The normalized spacial score (nSPS) is 11.2. The van der Waals surface area contributed by atoms with Crippen LogP contribution >= 0.6 is 0 Å². The summed E-state index contributed by atoms with van der Waals surface area (Å²) in [6.45, 7) is 0. The molecule has 4 nitrogen and oxygen atoms in total. The Hall–Kier alpha value is -3.14. The van der Waals surface area contributed by atoms with Gasteiger partial charge in [-0.1, -0.05) is 23.4 Å². The van der Waals surface area contributed by atoms with Crippen molar-refractivity contribution in [1.82, 2.24) is 10.1 Å². The lowest BCUT2D eigenvalue weighted by Crippen LogP contribution is -2.05. The molecule has 114 valence electrons. The van der Waals surface area contributed by atoms with E-state index in [0.29, 0.717) is 5.56 Å². The van der Waals surface area contributed by atoms with Crippen LogP contribution in [0.2, 0.25) is 0 Å². The molecule has 0 saturated heterocycles. The third-order valence-corrected chi connectivity index (χ3v) is 3.20. The number of pyridine rings is 1. The van der Waals surface area contributed by atoms with Gasteiger partial charge in [0, 0.05) is 23.5 Å². The summed E-state index contributed by atoms with van der Waals surface area (Å²) in [5.41, 5.74) is 0.319. The van der Waals surface area contributed by atoms with E-state index in [9.17, 15) is 18.4 Å². The molecule has 0 spiro atoms. The van der Waals surface area contributed by atoms with Gasteiger partial charge in [-0.25, -0.2) is 0 Å². The third kappa shape index (κ3) is 2.66. The van der Waals surface area contributed by atoms with Gasteiger partial charge in [0.15, 0.2) is 0 Å². The minimum atomic E-state index is -4.73. The molecule has 0 N–H and O–H groups in total. The summed E-state index contributed by atoms with van der Waals surface area (Å²) in [6.07, 6.45) is -1.85. The van der Waals surface area contributed by atoms with Crippen LogP contribution in [0.3, 0.4) is 0 Å². The molecule has 2 aromatic heterocycles. The smallest absolute Gasteiger partial charge is 0.350 e. The highest BCUT2D eigenvalue weighted by Crippen LogP contribution is 2.43. The predicted octanol–water partition coefficient (Wildman–Crippen LogP) is 4.29. The van der Waals surface area contributed by atoms with Crippen LogP contribution in [0.1, 0.15) is 11.3 Å². The molecule has 2 heterocycles. The quantitative estimate of drug-likeness (QED) is 0.707. The number of nitrogens with zero attached hydrogens (tertiary/aromatic N) is 3. The highest BCUT2D eigenvalue weighted by molar-refractivity contribution is 5.84. The zero-order chi connectivity index (χ0) is 16.4. The Bertz CT molecular complexity index is 880. The van der Waals surface area contributed by atoms with Crippen LogP contribution in [0, 0.1) is 11.3 Å². The SMILES string of the molecule is N#Cc1ccccc1-c1c(-c2cccnc2)noc1C(F)(F)F. The largest absolute Gasteiger partial charge is 0.453 e. The molecule has 0 bridgehead atoms. The van der Waals surface area contributed by atoms with Gasteiger partial charge in [0.2, 0.25) is 5.76 Å². The van der Waals surface area contributed by atoms with Crippen molar-refractivity contribution in [3.05, 3.63) is 60.1 Å². The van der Waals surface area contributed by atoms with Crippen molar-refractivity contribution >= 4 is 0 Å². The average molecular weight is 315 g/mol. The molecule has 0 atom stereocenters. The monoisotopic (exact) mass is 315 g/mol. The van der Waals surface area contributed by atoms with Crippen molar-refractivity contribution in [2.45, 2.75) is 6.18 Å². The number of benzene rings is 1. The summed E-state index contributed by atoms with van der Waals surface area (Å²) in [6, 6.07) is 11.0. The first-order chi connectivity index (χ1) is 11.0. The molecule has 0 aliphatic heterocycles. The lowest BCUT2D eigenvalue weighted by molar-refractivity contribution is -0.154. The van der Waals surface area contributed by atoms with Crippen LogP contribution in [0.5, 0.6) is 0 Å². The van der Waals surface area contributed by atoms with Gasteiger partial charge in [-0.15, -0.1) is 0 Å². The lowest BCUT2D eigenvalue weighted by atomic mass is 9.96. The van der Waals surface area contributed by atoms with Crippen molar-refractivity contribution in [3.8, 4) is 28.5 Å². The van der Waals surface area contributed by atoms with E-state index in [-0.39, 0.29) is 22.4 Å². The van der Waals surface area contributed by atoms with Gasteiger partial charge >= 0.3 is 6.18 Å². The van der Waals surface area contributed by atoms with Gasteiger partial charge < -0.3 is 4.52 Å². The number of halogens is 3. The van der Waals surface area contributed by atoms with Gasteiger partial charge in [-0.3, -0.25) is 4.98 Å². The number of nitriles is 1. The number of rotatable bonds is 2. The van der Waals surface area contributed by atoms with Crippen LogP contribution < -0.4 is 0 Å². The lowest BCUT2D eigenvalue weighted by Gasteiger charge is -2.08. The van der Waals surface area contributed by atoms with Crippen LogP contribution in [-0.4, -0.2) is 10.1 Å². The van der Waals surface area contributed by atoms with Crippen LogP contribution in [-0.2, 0) is 6.18 Å². The van der Waals surface area contributed by atoms with Crippen LogP contribution in [0.4, 0.5) is 13.2 Å². The fourth-order valence-electron chi connectivity index (χ4n) is 2.23. The van der Waals surface area contributed by atoms with Crippen molar-refractivity contribution in [2.24, 2.45) is 0 Å². The first kappa shape index (κ1) is 14.8. The minimum Gasteiger partial charge on any atom is -0.350 e. The summed E-state index contributed by atoms with van der Waals surface area (Å²) >= 11 is 0. The summed E-state index contributed by atoms with van der Waals surface area (Å²) in [7, 11) is 0. The molecule has 1 aromatic carbocycles. The average Bonchev–Trinajstić information content (AvgIpc) is 3.00. The first-order valence-corrected chi connectivity index (χ1v) is 6.49. The molecule has 0 fully saturated rings. The highest BCUT2D eigenvalue weighted by atomic mass is 19.4. The van der Waals surface area contributed by atoms with Gasteiger partial charge in [0.25, 0.3) is 0 Å². The Morgan fingerprint density at radius 3 is 2.52 bits per heavy atom. The van der Waals surface area contributed by atoms with E-state index >= 15 is 0 Å². The van der Waals surface area contributed by atoms with Crippen molar-refractivity contribution in [2.75, 3.05) is 0 Å². The van der Waals surface area contributed by atoms with E-state index in [1.807, 2.05) is 6.07 Å².